The first-order valence-corrected chi connectivity index (χ1v) is 7.66. The molecule has 116 valence electrons. The molecule has 0 aliphatic carbocycles. The maximum atomic E-state index is 11.6. The first kappa shape index (κ1) is 16.7. The van der Waals surface area contributed by atoms with Gasteiger partial charge in [-0.05, 0) is 25.0 Å². The molecule has 2 unspecified atom stereocenters. The normalized spacial score (nSPS) is 13.5. The molecule has 2 atom stereocenters. The number of rotatable bonds is 6. The van der Waals surface area contributed by atoms with E-state index in [9.17, 15) is 15.4 Å². The number of para-hydroxylation sites is 1. The molecule has 0 spiro atoms. The van der Waals surface area contributed by atoms with Crippen LogP contribution in [0.25, 0.3) is 0 Å². The molecular weight excluding hydrogens is 322 g/mol. The minimum absolute atomic E-state index is 0.000216. The summed E-state index contributed by atoms with van der Waals surface area (Å²) in [6.45, 7) is 0. The average Bonchev–Trinajstić information content (AvgIpc) is 2.52. The van der Waals surface area contributed by atoms with Gasteiger partial charge in [-0.25, -0.2) is 0 Å². The van der Waals surface area contributed by atoms with Crippen LogP contribution in [0.4, 0.5) is 0 Å². The van der Waals surface area contributed by atoms with E-state index in [0.717, 1.165) is 4.73 Å². The van der Waals surface area contributed by atoms with E-state index in [1.807, 2.05) is 0 Å². The predicted molar refractivity (Wildman–Crippen MR) is 88.9 cm³/mol. The van der Waals surface area contributed by atoms with Crippen molar-refractivity contribution in [2.24, 2.45) is 0 Å². The minimum atomic E-state index is -1.03. The van der Waals surface area contributed by atoms with E-state index in [-0.39, 0.29) is 5.75 Å². The Morgan fingerprint density at radius 3 is 2.59 bits per heavy atom. The molecule has 1 aromatic heterocycles. The lowest BCUT2D eigenvalue weighted by atomic mass is 10.0. The fourth-order valence-corrected chi connectivity index (χ4v) is 2.65. The fourth-order valence-electron chi connectivity index (χ4n) is 2.13. The Morgan fingerprint density at radius 1 is 1.23 bits per heavy atom. The number of hydrogen-bond donors (Lipinski definition) is 2. The van der Waals surface area contributed by atoms with Gasteiger partial charge in [0.1, 0.15) is 17.2 Å². The molecule has 22 heavy (non-hydrogen) atoms. The van der Waals surface area contributed by atoms with Crippen LogP contribution < -0.4 is 4.73 Å². The molecule has 2 N–H and O–H groups in total. The highest BCUT2D eigenvalue weighted by Crippen LogP contribution is 2.29. The van der Waals surface area contributed by atoms with E-state index in [1.165, 1.54) is 12.3 Å². The van der Waals surface area contributed by atoms with Gasteiger partial charge in [0, 0.05) is 22.6 Å². The summed E-state index contributed by atoms with van der Waals surface area (Å²) in [5.74, 6) is 0.000216. The SMILES string of the molecule is [O-][n+]1ccccc1C(Cl)CCC(=S)C(O)c1ccccc1O. The standard InChI is InChI=1S/C16H16ClNO3S/c17-12(13-6-3-4-10-18(13)21)8-9-15(22)16(20)11-5-1-2-7-14(11)19/h1-7,10,12,16,19-20H,8-9H2. The summed E-state index contributed by atoms with van der Waals surface area (Å²) < 4.78 is 0.722. The quantitative estimate of drug-likeness (QED) is 0.367. The molecule has 0 radical (unpaired) electrons. The molecular formula is C16H16ClNO3S. The Kier molecular flexibility index (Phi) is 5.71. The smallest absolute Gasteiger partial charge is 0.210 e. The zero-order valence-electron chi connectivity index (χ0n) is 11.7. The predicted octanol–water partition coefficient (Wildman–Crippen LogP) is 3.19. The second-order valence-electron chi connectivity index (χ2n) is 4.89. The number of aromatic nitrogens is 1. The van der Waals surface area contributed by atoms with E-state index >= 15 is 0 Å². The van der Waals surface area contributed by atoms with Gasteiger partial charge in [-0.3, -0.25) is 0 Å². The highest BCUT2D eigenvalue weighted by molar-refractivity contribution is 7.80. The minimum Gasteiger partial charge on any atom is -0.618 e. The molecule has 0 saturated carbocycles. The van der Waals surface area contributed by atoms with Crippen molar-refractivity contribution in [3.63, 3.8) is 0 Å². The van der Waals surface area contributed by atoms with Crippen LogP contribution in [-0.4, -0.2) is 15.1 Å². The molecule has 0 fully saturated rings. The Labute approximate surface area is 139 Å². The van der Waals surface area contributed by atoms with Gasteiger partial charge in [0.05, 0.1) is 0 Å². The van der Waals surface area contributed by atoms with Gasteiger partial charge in [0.25, 0.3) is 0 Å². The van der Waals surface area contributed by atoms with E-state index in [0.29, 0.717) is 29.0 Å². The summed E-state index contributed by atoms with van der Waals surface area (Å²) in [5.41, 5.74) is 0.821. The number of phenols is 1. The molecule has 1 aromatic carbocycles. The number of phenolic OH excluding ortho intramolecular Hbond substituents is 1. The number of pyridine rings is 1. The van der Waals surface area contributed by atoms with Gasteiger partial charge in [0.15, 0.2) is 6.20 Å². The Hall–Kier alpha value is -1.69. The molecule has 4 nitrogen and oxygen atoms in total. The van der Waals surface area contributed by atoms with E-state index in [4.69, 9.17) is 23.8 Å². The molecule has 0 saturated heterocycles. The molecule has 2 aromatic rings. The maximum Gasteiger partial charge on any atom is 0.210 e. The van der Waals surface area contributed by atoms with Crippen LogP contribution in [0, 0.1) is 5.21 Å². The van der Waals surface area contributed by atoms with Crippen LogP contribution >= 0.6 is 23.8 Å². The molecule has 0 aliphatic rings. The summed E-state index contributed by atoms with van der Waals surface area (Å²) >= 11 is 11.4. The number of aliphatic hydroxyl groups excluding tert-OH is 1. The second kappa shape index (κ2) is 7.54. The summed E-state index contributed by atoms with van der Waals surface area (Å²) in [6.07, 6.45) is 1.15. The van der Waals surface area contributed by atoms with Gasteiger partial charge in [-0.2, -0.15) is 4.73 Å². The first-order chi connectivity index (χ1) is 10.5. The monoisotopic (exact) mass is 337 g/mol. The van der Waals surface area contributed by atoms with Crippen LogP contribution in [0.15, 0.2) is 48.7 Å². The van der Waals surface area contributed by atoms with E-state index in [2.05, 4.69) is 0 Å². The van der Waals surface area contributed by atoms with Crippen LogP contribution in [0.5, 0.6) is 5.75 Å². The van der Waals surface area contributed by atoms with Crippen molar-refractivity contribution >= 4 is 28.7 Å². The van der Waals surface area contributed by atoms with Gasteiger partial charge in [0.2, 0.25) is 5.69 Å². The highest BCUT2D eigenvalue weighted by Gasteiger charge is 2.21. The lowest BCUT2D eigenvalue weighted by molar-refractivity contribution is -0.614. The molecule has 2 rings (SSSR count). The third-order valence-corrected chi connectivity index (χ3v) is 4.22. The van der Waals surface area contributed by atoms with Crippen LogP contribution in [0.3, 0.4) is 0 Å². The summed E-state index contributed by atoms with van der Waals surface area (Å²) in [6, 6.07) is 11.5. The number of alkyl halides is 1. The number of benzene rings is 1. The number of nitrogens with zero attached hydrogens (tertiary/aromatic N) is 1. The van der Waals surface area contributed by atoms with Crippen LogP contribution in [-0.2, 0) is 0 Å². The third kappa shape index (κ3) is 3.94. The molecule has 0 bridgehead atoms. The maximum absolute atomic E-state index is 11.6. The largest absolute Gasteiger partial charge is 0.618 e. The van der Waals surface area contributed by atoms with Crippen molar-refractivity contribution in [3.8, 4) is 5.75 Å². The zero-order chi connectivity index (χ0) is 16.1. The van der Waals surface area contributed by atoms with Gasteiger partial charge in [-0.1, -0.05) is 30.4 Å². The highest BCUT2D eigenvalue weighted by atomic mass is 35.5. The Morgan fingerprint density at radius 2 is 1.91 bits per heavy atom. The topological polar surface area (TPSA) is 67.4 Å². The molecule has 6 heteroatoms. The fraction of sp³-hybridized carbons (Fsp3) is 0.250. The number of aromatic hydroxyl groups is 1. The number of aliphatic hydroxyl groups is 1. The third-order valence-electron chi connectivity index (χ3n) is 3.36. The summed E-state index contributed by atoms with van der Waals surface area (Å²) in [7, 11) is 0. The molecule has 0 aliphatic heterocycles. The zero-order valence-corrected chi connectivity index (χ0v) is 13.3. The van der Waals surface area contributed by atoms with Crippen LogP contribution in [0.1, 0.15) is 35.6 Å². The number of hydrogen-bond acceptors (Lipinski definition) is 4. The van der Waals surface area contributed by atoms with Gasteiger partial charge < -0.3 is 15.4 Å². The Balaban J connectivity index is 1.98. The van der Waals surface area contributed by atoms with Gasteiger partial charge in [-0.15, -0.1) is 11.6 Å². The molecule has 0 amide bonds. The van der Waals surface area contributed by atoms with E-state index < -0.39 is 11.5 Å². The van der Waals surface area contributed by atoms with Crippen molar-refractivity contribution < 1.29 is 14.9 Å². The van der Waals surface area contributed by atoms with E-state index in [1.54, 1.807) is 36.4 Å². The number of thiocarbonyl (C=S) groups is 1. The molecule has 1 heterocycles. The Bertz CT molecular complexity index is 665. The lowest BCUT2D eigenvalue weighted by Crippen LogP contribution is -2.31. The van der Waals surface area contributed by atoms with Crippen molar-refractivity contribution in [2.45, 2.75) is 24.3 Å². The second-order valence-corrected chi connectivity index (χ2v) is 5.94. The first-order valence-electron chi connectivity index (χ1n) is 6.81. The van der Waals surface area contributed by atoms with Gasteiger partial charge >= 0.3 is 0 Å². The van der Waals surface area contributed by atoms with Crippen molar-refractivity contribution in [3.05, 3.63) is 65.1 Å². The van der Waals surface area contributed by atoms with Crippen LogP contribution in [0.2, 0.25) is 0 Å². The van der Waals surface area contributed by atoms with Crippen molar-refractivity contribution in [1.29, 1.82) is 0 Å². The average molecular weight is 338 g/mol. The number of halogens is 1. The van der Waals surface area contributed by atoms with Crippen molar-refractivity contribution in [1.82, 2.24) is 0 Å². The summed E-state index contributed by atoms with van der Waals surface area (Å²) in [4.78, 5) is 0.375. The lowest BCUT2D eigenvalue weighted by Gasteiger charge is -2.15. The summed E-state index contributed by atoms with van der Waals surface area (Å²) in [5, 5.41) is 31.1. The van der Waals surface area contributed by atoms with Crippen molar-refractivity contribution in [2.75, 3.05) is 0 Å².